The molecule has 0 unspecified atom stereocenters. The van der Waals surface area contributed by atoms with Crippen molar-refractivity contribution >= 4 is 12.0 Å². The number of hydrazine groups is 1. The van der Waals surface area contributed by atoms with Gasteiger partial charge in [-0.25, -0.2) is 15.0 Å². The predicted molar refractivity (Wildman–Crippen MR) is 71.4 cm³/mol. The van der Waals surface area contributed by atoms with Gasteiger partial charge in [0.05, 0.1) is 12.7 Å². The van der Waals surface area contributed by atoms with E-state index >= 15 is 0 Å². The van der Waals surface area contributed by atoms with Gasteiger partial charge in [0.25, 0.3) is 0 Å². The van der Waals surface area contributed by atoms with Crippen molar-refractivity contribution in [2.75, 3.05) is 7.11 Å². The van der Waals surface area contributed by atoms with Crippen molar-refractivity contribution < 1.29 is 14.3 Å². The Kier molecular flexibility index (Phi) is 5.81. The van der Waals surface area contributed by atoms with Crippen LogP contribution in [0.25, 0.3) is 0 Å². The topological polar surface area (TPSA) is 79.5 Å². The van der Waals surface area contributed by atoms with E-state index in [1.165, 1.54) is 7.11 Å². The number of urea groups is 1. The molecule has 0 aromatic heterocycles. The monoisotopic (exact) mass is 265 g/mol. The van der Waals surface area contributed by atoms with E-state index in [4.69, 9.17) is 0 Å². The predicted octanol–water partition coefficient (Wildman–Crippen LogP) is 1.19. The van der Waals surface area contributed by atoms with Gasteiger partial charge in [0.2, 0.25) is 0 Å². The van der Waals surface area contributed by atoms with Crippen LogP contribution in [0, 0.1) is 0 Å². The van der Waals surface area contributed by atoms with Crippen molar-refractivity contribution in [1.29, 1.82) is 0 Å². The second kappa shape index (κ2) is 7.38. The second-order valence-electron chi connectivity index (χ2n) is 4.30. The highest BCUT2D eigenvalue weighted by molar-refractivity contribution is 5.89. The van der Waals surface area contributed by atoms with Crippen LogP contribution in [0.15, 0.2) is 24.3 Å². The summed E-state index contributed by atoms with van der Waals surface area (Å²) in [6.45, 7) is 4.23. The number of esters is 1. The average molecular weight is 265 g/mol. The van der Waals surface area contributed by atoms with Gasteiger partial charge in [-0.2, -0.15) is 0 Å². The summed E-state index contributed by atoms with van der Waals surface area (Å²) in [5.74, 6) is -0.367. The first kappa shape index (κ1) is 15.0. The van der Waals surface area contributed by atoms with Crippen LogP contribution in [-0.4, -0.2) is 25.2 Å². The quantitative estimate of drug-likeness (QED) is 0.552. The Balaban J connectivity index is 2.38. The Morgan fingerprint density at radius 2 is 1.84 bits per heavy atom. The lowest BCUT2D eigenvalue weighted by Crippen LogP contribution is -2.46. The lowest BCUT2D eigenvalue weighted by molar-refractivity contribution is 0.0600. The van der Waals surface area contributed by atoms with Crippen LogP contribution in [0.3, 0.4) is 0 Å². The molecule has 1 rings (SSSR count). The summed E-state index contributed by atoms with van der Waals surface area (Å²) in [5, 5.41) is 2.69. The van der Waals surface area contributed by atoms with Crippen LogP contribution >= 0.6 is 0 Å². The third-order valence-electron chi connectivity index (χ3n) is 2.29. The molecule has 0 bridgehead atoms. The largest absolute Gasteiger partial charge is 0.465 e. The number of hydrogen-bond acceptors (Lipinski definition) is 4. The molecule has 104 valence electrons. The zero-order valence-corrected chi connectivity index (χ0v) is 11.3. The SMILES string of the molecule is COC(=O)c1ccc(CNNC(=O)NC(C)C)cc1. The molecule has 1 aromatic rings. The van der Waals surface area contributed by atoms with Crippen LogP contribution in [-0.2, 0) is 11.3 Å². The van der Waals surface area contributed by atoms with Gasteiger partial charge in [0.15, 0.2) is 0 Å². The molecule has 0 saturated carbocycles. The number of ether oxygens (including phenoxy) is 1. The molecule has 3 N–H and O–H groups in total. The highest BCUT2D eigenvalue weighted by atomic mass is 16.5. The van der Waals surface area contributed by atoms with Gasteiger partial charge < -0.3 is 10.1 Å². The fraction of sp³-hybridized carbons (Fsp3) is 0.385. The Morgan fingerprint density at radius 1 is 1.21 bits per heavy atom. The van der Waals surface area contributed by atoms with Crippen LogP contribution in [0.4, 0.5) is 4.79 Å². The number of methoxy groups -OCH3 is 1. The highest BCUT2D eigenvalue weighted by Gasteiger charge is 2.04. The Labute approximate surface area is 112 Å². The summed E-state index contributed by atoms with van der Waals surface area (Å²) in [5.41, 5.74) is 6.75. The van der Waals surface area contributed by atoms with E-state index < -0.39 is 0 Å². The van der Waals surface area contributed by atoms with E-state index in [0.29, 0.717) is 12.1 Å². The summed E-state index contributed by atoms with van der Waals surface area (Å²) >= 11 is 0. The van der Waals surface area contributed by atoms with Crippen molar-refractivity contribution in [1.82, 2.24) is 16.2 Å². The molecule has 0 aliphatic carbocycles. The smallest absolute Gasteiger partial charge is 0.337 e. The normalized spacial score (nSPS) is 10.1. The number of amides is 2. The number of benzene rings is 1. The third kappa shape index (κ3) is 5.39. The van der Waals surface area contributed by atoms with Crippen LogP contribution in [0.1, 0.15) is 29.8 Å². The molecule has 1 aromatic carbocycles. The van der Waals surface area contributed by atoms with Gasteiger partial charge in [0, 0.05) is 12.6 Å². The summed E-state index contributed by atoms with van der Waals surface area (Å²) in [4.78, 5) is 22.5. The molecule has 0 fully saturated rings. The Bertz CT molecular complexity index is 429. The van der Waals surface area contributed by atoms with Gasteiger partial charge in [-0.1, -0.05) is 12.1 Å². The molecule has 0 heterocycles. The first-order chi connectivity index (χ1) is 9.02. The van der Waals surface area contributed by atoms with Crippen molar-refractivity contribution in [3.63, 3.8) is 0 Å². The first-order valence-corrected chi connectivity index (χ1v) is 5.99. The Hall–Kier alpha value is -2.08. The zero-order valence-electron chi connectivity index (χ0n) is 11.3. The van der Waals surface area contributed by atoms with Crippen LogP contribution in [0.2, 0.25) is 0 Å². The summed E-state index contributed by atoms with van der Waals surface area (Å²) in [7, 11) is 1.34. The van der Waals surface area contributed by atoms with Crippen LogP contribution in [0.5, 0.6) is 0 Å². The zero-order chi connectivity index (χ0) is 14.3. The number of carbonyl (C=O) groups is 2. The number of hydrogen-bond donors (Lipinski definition) is 3. The maximum absolute atomic E-state index is 11.3. The van der Waals surface area contributed by atoms with Gasteiger partial charge >= 0.3 is 12.0 Å². The standard InChI is InChI=1S/C13H19N3O3/c1-9(2)15-13(18)16-14-8-10-4-6-11(7-5-10)12(17)19-3/h4-7,9,14H,8H2,1-3H3,(H2,15,16,18). The minimum absolute atomic E-state index is 0.0844. The van der Waals surface area contributed by atoms with Crippen molar-refractivity contribution in [3.05, 3.63) is 35.4 Å². The van der Waals surface area contributed by atoms with Gasteiger partial charge in [-0.3, -0.25) is 5.43 Å². The molecular formula is C13H19N3O3. The molecule has 6 nitrogen and oxygen atoms in total. The third-order valence-corrected chi connectivity index (χ3v) is 2.29. The van der Waals surface area contributed by atoms with Gasteiger partial charge in [-0.15, -0.1) is 0 Å². The summed E-state index contributed by atoms with van der Waals surface area (Å²) < 4.78 is 4.61. The van der Waals surface area contributed by atoms with Gasteiger partial charge in [-0.05, 0) is 31.5 Å². The van der Waals surface area contributed by atoms with E-state index in [9.17, 15) is 9.59 Å². The maximum atomic E-state index is 11.3. The highest BCUT2D eigenvalue weighted by Crippen LogP contribution is 2.05. The summed E-state index contributed by atoms with van der Waals surface area (Å²) in [6.07, 6.45) is 0. The number of nitrogens with one attached hydrogen (secondary N) is 3. The molecule has 0 aliphatic rings. The molecule has 0 aliphatic heterocycles. The van der Waals surface area contributed by atoms with E-state index in [-0.39, 0.29) is 18.0 Å². The van der Waals surface area contributed by atoms with Crippen LogP contribution < -0.4 is 16.2 Å². The first-order valence-electron chi connectivity index (χ1n) is 5.99. The number of carbonyl (C=O) groups excluding carboxylic acids is 2. The lowest BCUT2D eigenvalue weighted by Gasteiger charge is -2.11. The molecular weight excluding hydrogens is 246 g/mol. The molecule has 0 saturated heterocycles. The van der Waals surface area contributed by atoms with E-state index in [1.807, 2.05) is 13.8 Å². The van der Waals surface area contributed by atoms with Gasteiger partial charge in [0.1, 0.15) is 0 Å². The summed E-state index contributed by atoms with van der Waals surface area (Å²) in [6, 6.07) is 6.75. The maximum Gasteiger partial charge on any atom is 0.337 e. The van der Waals surface area contributed by atoms with Crippen molar-refractivity contribution in [3.8, 4) is 0 Å². The fourth-order valence-electron chi connectivity index (χ4n) is 1.40. The molecule has 2 amide bonds. The van der Waals surface area contributed by atoms with Crippen molar-refractivity contribution in [2.24, 2.45) is 0 Å². The Morgan fingerprint density at radius 3 is 2.37 bits per heavy atom. The van der Waals surface area contributed by atoms with E-state index in [1.54, 1.807) is 24.3 Å². The lowest BCUT2D eigenvalue weighted by atomic mass is 10.1. The molecule has 6 heteroatoms. The van der Waals surface area contributed by atoms with E-state index in [0.717, 1.165) is 5.56 Å². The average Bonchev–Trinajstić information content (AvgIpc) is 2.37. The minimum Gasteiger partial charge on any atom is -0.465 e. The molecule has 0 spiro atoms. The number of rotatable bonds is 5. The van der Waals surface area contributed by atoms with E-state index in [2.05, 4.69) is 20.9 Å². The minimum atomic E-state index is -0.367. The van der Waals surface area contributed by atoms with Crippen molar-refractivity contribution in [2.45, 2.75) is 26.4 Å². The second-order valence-corrected chi connectivity index (χ2v) is 4.30. The molecule has 19 heavy (non-hydrogen) atoms. The fourth-order valence-corrected chi connectivity index (χ4v) is 1.40. The molecule has 0 radical (unpaired) electrons. The molecule has 0 atom stereocenters.